The molecule has 0 bridgehead atoms. The topological polar surface area (TPSA) is 21.3 Å². The standard InChI is InChI=1S/C15H22FNO/c1-5-17-14(8-6-11(2)3)12-7-9-15(18-4)13(16)10-12/h7,9-10,14,17H,2,5-6,8H2,1,3-4H3. The van der Waals surface area contributed by atoms with E-state index in [1.807, 2.05) is 19.9 Å². The van der Waals surface area contributed by atoms with Gasteiger partial charge < -0.3 is 10.1 Å². The van der Waals surface area contributed by atoms with E-state index >= 15 is 0 Å². The molecule has 18 heavy (non-hydrogen) atoms. The summed E-state index contributed by atoms with van der Waals surface area (Å²) in [5.74, 6) is -0.0258. The van der Waals surface area contributed by atoms with E-state index in [1.165, 1.54) is 7.11 Å². The van der Waals surface area contributed by atoms with Crippen LogP contribution in [0.5, 0.6) is 5.75 Å². The molecule has 0 saturated carbocycles. The van der Waals surface area contributed by atoms with Crippen molar-refractivity contribution in [2.45, 2.75) is 32.7 Å². The third-order valence-corrected chi connectivity index (χ3v) is 2.89. The minimum atomic E-state index is -0.312. The molecule has 0 aromatic heterocycles. The fourth-order valence-electron chi connectivity index (χ4n) is 1.92. The quantitative estimate of drug-likeness (QED) is 0.743. The van der Waals surface area contributed by atoms with Gasteiger partial charge in [-0.2, -0.15) is 0 Å². The number of hydrogen-bond donors (Lipinski definition) is 1. The lowest BCUT2D eigenvalue weighted by molar-refractivity contribution is 0.385. The summed E-state index contributed by atoms with van der Waals surface area (Å²) in [7, 11) is 1.47. The molecule has 1 atom stereocenters. The average Bonchev–Trinajstić information content (AvgIpc) is 2.34. The van der Waals surface area contributed by atoms with Crippen LogP contribution >= 0.6 is 0 Å². The Labute approximate surface area is 109 Å². The van der Waals surface area contributed by atoms with Crippen LogP contribution in [0, 0.1) is 5.82 Å². The van der Waals surface area contributed by atoms with Crippen molar-refractivity contribution < 1.29 is 9.13 Å². The molecule has 0 aliphatic carbocycles. The minimum Gasteiger partial charge on any atom is -0.494 e. The number of allylic oxidation sites excluding steroid dienone is 1. The Balaban J connectivity index is 2.84. The zero-order valence-electron chi connectivity index (χ0n) is 11.4. The van der Waals surface area contributed by atoms with E-state index < -0.39 is 0 Å². The number of ether oxygens (including phenoxy) is 1. The van der Waals surface area contributed by atoms with Gasteiger partial charge in [0.05, 0.1) is 7.11 Å². The van der Waals surface area contributed by atoms with Gasteiger partial charge in [-0.25, -0.2) is 4.39 Å². The van der Waals surface area contributed by atoms with E-state index in [1.54, 1.807) is 12.1 Å². The summed E-state index contributed by atoms with van der Waals surface area (Å²) in [4.78, 5) is 0. The lowest BCUT2D eigenvalue weighted by Crippen LogP contribution is -2.21. The summed E-state index contributed by atoms with van der Waals surface area (Å²) in [5.41, 5.74) is 2.10. The van der Waals surface area contributed by atoms with E-state index in [0.717, 1.165) is 30.5 Å². The fraction of sp³-hybridized carbons (Fsp3) is 0.467. The molecule has 0 fully saturated rings. The van der Waals surface area contributed by atoms with Crippen LogP contribution in [0.25, 0.3) is 0 Å². The number of nitrogens with one attached hydrogen (secondary N) is 1. The third-order valence-electron chi connectivity index (χ3n) is 2.89. The maximum atomic E-state index is 13.7. The van der Waals surface area contributed by atoms with Gasteiger partial charge >= 0.3 is 0 Å². The first kappa shape index (κ1) is 14.7. The summed E-state index contributed by atoms with van der Waals surface area (Å²) in [6.45, 7) is 8.82. The molecule has 0 radical (unpaired) electrons. The number of methoxy groups -OCH3 is 1. The van der Waals surface area contributed by atoms with Crippen molar-refractivity contribution in [3.05, 3.63) is 41.7 Å². The zero-order valence-corrected chi connectivity index (χ0v) is 11.4. The number of rotatable bonds is 7. The lowest BCUT2D eigenvalue weighted by Gasteiger charge is -2.19. The van der Waals surface area contributed by atoms with E-state index in [2.05, 4.69) is 11.9 Å². The summed E-state index contributed by atoms with van der Waals surface area (Å²) in [5, 5.41) is 3.37. The van der Waals surface area contributed by atoms with Crippen LogP contribution in [0.4, 0.5) is 4.39 Å². The Bertz CT molecular complexity index is 403. The molecular weight excluding hydrogens is 229 g/mol. The number of halogens is 1. The van der Waals surface area contributed by atoms with Gasteiger partial charge in [0.1, 0.15) is 0 Å². The smallest absolute Gasteiger partial charge is 0.165 e. The molecule has 1 unspecified atom stereocenters. The Morgan fingerprint density at radius 1 is 1.50 bits per heavy atom. The summed E-state index contributed by atoms with van der Waals surface area (Å²) >= 11 is 0. The van der Waals surface area contributed by atoms with Gasteiger partial charge in [-0.15, -0.1) is 6.58 Å². The van der Waals surface area contributed by atoms with Gasteiger partial charge in [0, 0.05) is 6.04 Å². The first-order chi connectivity index (χ1) is 8.58. The SMILES string of the molecule is C=C(C)CCC(NCC)c1ccc(OC)c(F)c1. The van der Waals surface area contributed by atoms with Crippen molar-refractivity contribution in [2.24, 2.45) is 0 Å². The molecule has 0 aliphatic rings. The van der Waals surface area contributed by atoms with Crippen LogP contribution < -0.4 is 10.1 Å². The highest BCUT2D eigenvalue weighted by Crippen LogP contribution is 2.25. The molecule has 0 aliphatic heterocycles. The second kappa shape index (κ2) is 7.17. The van der Waals surface area contributed by atoms with Gasteiger partial charge in [-0.05, 0) is 44.0 Å². The Kier molecular flexibility index (Phi) is 5.86. The van der Waals surface area contributed by atoms with Crippen molar-refractivity contribution in [1.29, 1.82) is 0 Å². The molecule has 0 heterocycles. The van der Waals surface area contributed by atoms with Gasteiger partial charge in [0.25, 0.3) is 0 Å². The molecule has 1 rings (SSSR count). The van der Waals surface area contributed by atoms with Crippen molar-refractivity contribution in [1.82, 2.24) is 5.32 Å². The molecule has 0 amide bonds. The summed E-state index contributed by atoms with van der Waals surface area (Å²) < 4.78 is 18.6. The highest BCUT2D eigenvalue weighted by atomic mass is 19.1. The number of benzene rings is 1. The molecule has 0 spiro atoms. The molecule has 100 valence electrons. The van der Waals surface area contributed by atoms with Crippen molar-refractivity contribution >= 4 is 0 Å². The van der Waals surface area contributed by atoms with Crippen molar-refractivity contribution in [3.8, 4) is 5.75 Å². The molecule has 1 aromatic carbocycles. The van der Waals surface area contributed by atoms with Crippen LogP contribution in [0.2, 0.25) is 0 Å². The second-order valence-electron chi connectivity index (χ2n) is 4.50. The Morgan fingerprint density at radius 2 is 2.22 bits per heavy atom. The third kappa shape index (κ3) is 4.15. The Morgan fingerprint density at radius 3 is 2.72 bits per heavy atom. The molecule has 1 N–H and O–H groups in total. The second-order valence-corrected chi connectivity index (χ2v) is 4.50. The zero-order chi connectivity index (χ0) is 13.5. The molecule has 1 aromatic rings. The van der Waals surface area contributed by atoms with Crippen LogP contribution in [0.3, 0.4) is 0 Å². The van der Waals surface area contributed by atoms with Crippen LogP contribution in [0.1, 0.15) is 38.3 Å². The van der Waals surface area contributed by atoms with Gasteiger partial charge in [0.2, 0.25) is 0 Å². The monoisotopic (exact) mass is 251 g/mol. The predicted octanol–water partition coefficient (Wildman–Crippen LogP) is 3.84. The lowest BCUT2D eigenvalue weighted by atomic mass is 9.99. The van der Waals surface area contributed by atoms with Crippen LogP contribution in [0.15, 0.2) is 30.4 Å². The molecular formula is C15H22FNO. The summed E-state index contributed by atoms with van der Waals surface area (Å²) in [6, 6.07) is 5.29. The van der Waals surface area contributed by atoms with Crippen LogP contribution in [-0.2, 0) is 0 Å². The van der Waals surface area contributed by atoms with E-state index in [9.17, 15) is 4.39 Å². The molecule has 0 saturated heterocycles. The van der Waals surface area contributed by atoms with Gasteiger partial charge in [-0.1, -0.05) is 18.6 Å². The van der Waals surface area contributed by atoms with E-state index in [4.69, 9.17) is 4.74 Å². The largest absolute Gasteiger partial charge is 0.494 e. The predicted molar refractivity (Wildman–Crippen MR) is 73.4 cm³/mol. The maximum absolute atomic E-state index is 13.7. The molecule has 3 heteroatoms. The van der Waals surface area contributed by atoms with Gasteiger partial charge in [-0.3, -0.25) is 0 Å². The fourth-order valence-corrected chi connectivity index (χ4v) is 1.92. The number of hydrogen-bond acceptors (Lipinski definition) is 2. The average molecular weight is 251 g/mol. The van der Waals surface area contributed by atoms with Gasteiger partial charge in [0.15, 0.2) is 11.6 Å². The Hall–Kier alpha value is -1.35. The minimum absolute atomic E-state index is 0.159. The maximum Gasteiger partial charge on any atom is 0.165 e. The van der Waals surface area contributed by atoms with Crippen molar-refractivity contribution in [3.63, 3.8) is 0 Å². The first-order valence-electron chi connectivity index (χ1n) is 6.29. The summed E-state index contributed by atoms with van der Waals surface area (Å²) in [6.07, 6.45) is 1.86. The van der Waals surface area contributed by atoms with E-state index in [-0.39, 0.29) is 17.6 Å². The first-order valence-corrected chi connectivity index (χ1v) is 6.29. The normalized spacial score (nSPS) is 12.2. The van der Waals surface area contributed by atoms with Crippen LogP contribution in [-0.4, -0.2) is 13.7 Å². The molecule has 2 nitrogen and oxygen atoms in total. The van der Waals surface area contributed by atoms with E-state index in [0.29, 0.717) is 0 Å². The van der Waals surface area contributed by atoms with Crippen molar-refractivity contribution in [2.75, 3.05) is 13.7 Å². The highest BCUT2D eigenvalue weighted by Gasteiger charge is 2.12. The highest BCUT2D eigenvalue weighted by molar-refractivity contribution is 5.31.